The molecule has 0 aliphatic carbocycles. The minimum Gasteiger partial charge on any atom is -0.356 e. The summed E-state index contributed by atoms with van der Waals surface area (Å²) < 4.78 is 24.6. The van der Waals surface area contributed by atoms with Crippen LogP contribution < -0.4 is 10.6 Å². The standard InChI is InChI=1S/C17H28N4O2S/c1-14(16-7-5-4-6-8-16)20-17(18-2)19-13-15-9-11-21(12-10-15)24(3,22)23/h4-8,14-15H,9-13H2,1-3H3,(H2,18,19,20). The van der Waals surface area contributed by atoms with E-state index < -0.39 is 10.0 Å². The molecule has 1 aliphatic rings. The van der Waals surface area contributed by atoms with Crippen molar-refractivity contribution in [3.63, 3.8) is 0 Å². The van der Waals surface area contributed by atoms with Crippen LogP contribution in [0.15, 0.2) is 35.3 Å². The second kappa shape index (κ2) is 8.48. The number of nitrogens with zero attached hydrogens (tertiary/aromatic N) is 2. The molecular weight excluding hydrogens is 324 g/mol. The van der Waals surface area contributed by atoms with Crippen LogP contribution in [0, 0.1) is 5.92 Å². The average Bonchev–Trinajstić information content (AvgIpc) is 2.58. The number of benzene rings is 1. The minimum atomic E-state index is -3.05. The van der Waals surface area contributed by atoms with Gasteiger partial charge in [0, 0.05) is 26.7 Å². The van der Waals surface area contributed by atoms with Gasteiger partial charge in [-0.15, -0.1) is 0 Å². The number of hydrogen-bond donors (Lipinski definition) is 2. The van der Waals surface area contributed by atoms with Crippen molar-refractivity contribution in [3.05, 3.63) is 35.9 Å². The summed E-state index contributed by atoms with van der Waals surface area (Å²) in [6.07, 6.45) is 3.04. The predicted molar refractivity (Wildman–Crippen MR) is 98.5 cm³/mol. The SMILES string of the molecule is CN=C(NCC1CCN(S(C)(=O)=O)CC1)NC(C)c1ccccc1. The van der Waals surface area contributed by atoms with E-state index in [-0.39, 0.29) is 6.04 Å². The first-order valence-corrected chi connectivity index (χ1v) is 10.2. The smallest absolute Gasteiger partial charge is 0.211 e. The molecule has 2 rings (SSSR count). The number of piperidine rings is 1. The average molecular weight is 353 g/mol. The van der Waals surface area contributed by atoms with Crippen molar-refractivity contribution in [2.24, 2.45) is 10.9 Å². The maximum atomic E-state index is 11.5. The Bertz CT molecular complexity index is 638. The van der Waals surface area contributed by atoms with Crippen LogP contribution in [0.5, 0.6) is 0 Å². The van der Waals surface area contributed by atoms with Crippen LogP contribution in [-0.2, 0) is 10.0 Å². The second-order valence-electron chi connectivity index (χ2n) is 6.34. The quantitative estimate of drug-likeness (QED) is 0.623. The van der Waals surface area contributed by atoms with Crippen LogP contribution in [-0.4, -0.2) is 51.6 Å². The van der Waals surface area contributed by atoms with E-state index in [1.807, 2.05) is 18.2 Å². The molecular formula is C17H28N4O2S. The van der Waals surface area contributed by atoms with E-state index in [0.29, 0.717) is 19.0 Å². The fourth-order valence-corrected chi connectivity index (χ4v) is 3.78. The van der Waals surface area contributed by atoms with Gasteiger partial charge in [-0.05, 0) is 31.2 Å². The summed E-state index contributed by atoms with van der Waals surface area (Å²) in [6.45, 7) is 4.13. The molecule has 1 unspecified atom stereocenters. The molecule has 1 heterocycles. The van der Waals surface area contributed by atoms with Crippen LogP contribution in [0.2, 0.25) is 0 Å². The lowest BCUT2D eigenvalue weighted by molar-refractivity contribution is 0.274. The molecule has 1 aromatic rings. The van der Waals surface area contributed by atoms with Crippen LogP contribution in [0.4, 0.5) is 0 Å². The summed E-state index contributed by atoms with van der Waals surface area (Å²) in [6, 6.07) is 10.4. The number of aliphatic imine (C=N–C) groups is 1. The van der Waals surface area contributed by atoms with Crippen molar-refractivity contribution in [2.45, 2.75) is 25.8 Å². The van der Waals surface area contributed by atoms with E-state index in [9.17, 15) is 8.42 Å². The van der Waals surface area contributed by atoms with Gasteiger partial charge in [-0.25, -0.2) is 12.7 Å². The molecule has 0 spiro atoms. The van der Waals surface area contributed by atoms with Crippen molar-refractivity contribution in [1.29, 1.82) is 0 Å². The Morgan fingerprint density at radius 2 is 1.92 bits per heavy atom. The fraction of sp³-hybridized carbons (Fsp3) is 0.588. The molecule has 0 radical (unpaired) electrons. The highest BCUT2D eigenvalue weighted by Crippen LogP contribution is 2.18. The third kappa shape index (κ3) is 5.49. The van der Waals surface area contributed by atoms with Gasteiger partial charge < -0.3 is 10.6 Å². The summed E-state index contributed by atoms with van der Waals surface area (Å²) >= 11 is 0. The van der Waals surface area contributed by atoms with E-state index in [0.717, 1.165) is 25.3 Å². The highest BCUT2D eigenvalue weighted by molar-refractivity contribution is 7.88. The largest absolute Gasteiger partial charge is 0.356 e. The molecule has 24 heavy (non-hydrogen) atoms. The van der Waals surface area contributed by atoms with Crippen molar-refractivity contribution < 1.29 is 8.42 Å². The third-order valence-corrected chi connectivity index (χ3v) is 5.78. The Morgan fingerprint density at radius 1 is 1.29 bits per heavy atom. The third-order valence-electron chi connectivity index (χ3n) is 4.48. The fourth-order valence-electron chi connectivity index (χ4n) is 2.91. The summed E-state index contributed by atoms with van der Waals surface area (Å²) in [5.41, 5.74) is 1.21. The molecule has 0 amide bonds. The lowest BCUT2D eigenvalue weighted by Crippen LogP contribution is -2.44. The lowest BCUT2D eigenvalue weighted by atomic mass is 9.98. The highest BCUT2D eigenvalue weighted by Gasteiger charge is 2.24. The zero-order chi connectivity index (χ0) is 17.6. The van der Waals surface area contributed by atoms with Gasteiger partial charge >= 0.3 is 0 Å². The second-order valence-corrected chi connectivity index (χ2v) is 8.32. The van der Waals surface area contributed by atoms with Crippen LogP contribution >= 0.6 is 0 Å². The Morgan fingerprint density at radius 3 is 2.46 bits per heavy atom. The van der Waals surface area contributed by atoms with Gasteiger partial charge in [-0.2, -0.15) is 0 Å². The molecule has 0 bridgehead atoms. The topological polar surface area (TPSA) is 73.8 Å². The number of nitrogens with one attached hydrogen (secondary N) is 2. The zero-order valence-electron chi connectivity index (χ0n) is 14.7. The Labute approximate surface area is 145 Å². The maximum Gasteiger partial charge on any atom is 0.211 e. The molecule has 134 valence electrons. The van der Waals surface area contributed by atoms with E-state index >= 15 is 0 Å². The number of guanidine groups is 1. The van der Waals surface area contributed by atoms with Gasteiger partial charge in [0.05, 0.1) is 12.3 Å². The van der Waals surface area contributed by atoms with Gasteiger partial charge in [0.25, 0.3) is 0 Å². The molecule has 7 heteroatoms. The Hall–Kier alpha value is -1.60. The Kier molecular flexibility index (Phi) is 6.62. The highest BCUT2D eigenvalue weighted by atomic mass is 32.2. The van der Waals surface area contributed by atoms with Crippen molar-refractivity contribution in [2.75, 3.05) is 32.9 Å². The summed E-state index contributed by atoms with van der Waals surface area (Å²) in [4.78, 5) is 4.28. The normalized spacial score (nSPS) is 19.0. The number of hydrogen-bond acceptors (Lipinski definition) is 3. The van der Waals surface area contributed by atoms with Gasteiger partial charge in [0.2, 0.25) is 10.0 Å². The molecule has 1 aromatic carbocycles. The minimum absolute atomic E-state index is 0.171. The molecule has 0 aromatic heterocycles. The predicted octanol–water partition coefficient (Wildman–Crippen LogP) is 1.58. The first-order valence-electron chi connectivity index (χ1n) is 8.37. The molecule has 2 N–H and O–H groups in total. The zero-order valence-corrected chi connectivity index (χ0v) is 15.5. The van der Waals surface area contributed by atoms with Crippen LogP contribution in [0.25, 0.3) is 0 Å². The first kappa shape index (κ1) is 18.7. The number of rotatable bonds is 5. The van der Waals surface area contributed by atoms with Crippen LogP contribution in [0.3, 0.4) is 0 Å². The van der Waals surface area contributed by atoms with Gasteiger partial charge in [-0.1, -0.05) is 30.3 Å². The van der Waals surface area contributed by atoms with Gasteiger partial charge in [0.15, 0.2) is 5.96 Å². The maximum absolute atomic E-state index is 11.5. The van der Waals surface area contributed by atoms with E-state index in [2.05, 4.69) is 34.7 Å². The summed E-state index contributed by atoms with van der Waals surface area (Å²) in [5, 5.41) is 6.75. The Balaban J connectivity index is 1.78. The van der Waals surface area contributed by atoms with Crippen molar-refractivity contribution >= 4 is 16.0 Å². The molecule has 6 nitrogen and oxygen atoms in total. The van der Waals surface area contributed by atoms with E-state index in [1.165, 1.54) is 11.8 Å². The lowest BCUT2D eigenvalue weighted by Gasteiger charge is -2.30. The van der Waals surface area contributed by atoms with E-state index in [1.54, 1.807) is 11.4 Å². The van der Waals surface area contributed by atoms with Gasteiger partial charge in [-0.3, -0.25) is 4.99 Å². The van der Waals surface area contributed by atoms with Crippen LogP contribution in [0.1, 0.15) is 31.4 Å². The van der Waals surface area contributed by atoms with E-state index in [4.69, 9.17) is 0 Å². The molecule has 1 saturated heterocycles. The first-order chi connectivity index (χ1) is 11.4. The van der Waals surface area contributed by atoms with Gasteiger partial charge in [0.1, 0.15) is 0 Å². The van der Waals surface area contributed by atoms with Crippen molar-refractivity contribution in [3.8, 4) is 0 Å². The summed E-state index contributed by atoms with van der Waals surface area (Å²) in [7, 11) is -1.29. The molecule has 1 atom stereocenters. The monoisotopic (exact) mass is 352 g/mol. The summed E-state index contributed by atoms with van der Waals surface area (Å²) in [5.74, 6) is 1.24. The molecule has 1 fully saturated rings. The molecule has 0 saturated carbocycles. The molecule has 1 aliphatic heterocycles. The van der Waals surface area contributed by atoms with Crippen molar-refractivity contribution in [1.82, 2.24) is 14.9 Å². The number of sulfonamides is 1.